The Hall–Kier alpha value is -9.03. The molecule has 0 radical (unpaired) electrons. The smallest absolute Gasteiger partial charge is 0.550 e. The molecule has 0 spiro atoms. The van der Waals surface area contributed by atoms with Crippen LogP contribution in [0, 0.1) is 22.5 Å². The van der Waals surface area contributed by atoms with Gasteiger partial charge >= 0.3 is 23.1 Å². The number of nitrogens with one attached hydrogen (secondary N) is 4. The number of amides is 4. The van der Waals surface area contributed by atoms with Gasteiger partial charge in [0.05, 0.1) is 48.5 Å². The SMILES string of the molecule is COc1cc2c(Oc3ccc(NC(=O)C4(C(=O)Nc5ccc(F)cc5)CC4)cc3Cl)ccnc2cc1OCCC(=O)[O-].COc1cc2c(Oc3ccc(NC(=O)C4(C(=O)Nc5ccc(F)cc5)CC4)cc3Cl)ccnc2cc1OCCC(=O)[O-].[Mg+2]. The molecule has 10 rings (SSSR count). The predicted molar refractivity (Wildman–Crippen MR) is 306 cm³/mol. The van der Waals surface area contributed by atoms with Crippen LogP contribution in [0.25, 0.3) is 21.8 Å². The van der Waals surface area contributed by atoms with Crippen molar-refractivity contribution >= 4 is 126 Å². The minimum atomic E-state index is -1.23. The van der Waals surface area contributed by atoms with E-state index in [2.05, 4.69) is 31.2 Å². The minimum absolute atomic E-state index is 0. The number of hydrogen-bond donors (Lipinski definition) is 4. The van der Waals surface area contributed by atoms with Crippen molar-refractivity contribution in [3.05, 3.63) is 155 Å². The number of benzene rings is 6. The largest absolute Gasteiger partial charge is 2.00 e. The van der Waals surface area contributed by atoms with E-state index >= 15 is 0 Å². The number of ether oxygens (including phenoxy) is 6. The molecular weight excluding hydrogens is 1160 g/mol. The fourth-order valence-corrected chi connectivity index (χ4v) is 8.90. The number of anilines is 4. The predicted octanol–water partition coefficient (Wildman–Crippen LogP) is 9.03. The summed E-state index contributed by atoms with van der Waals surface area (Å²) in [5.74, 6) is -2.47. The summed E-state index contributed by atoms with van der Waals surface area (Å²) in [6.07, 6.45) is 4.01. The zero-order chi connectivity index (χ0) is 59.7. The molecule has 25 heteroatoms. The topological polar surface area (TPSA) is 278 Å². The van der Waals surface area contributed by atoms with Crippen LogP contribution in [0.5, 0.6) is 46.0 Å². The fourth-order valence-electron chi connectivity index (χ4n) is 8.46. The van der Waals surface area contributed by atoms with Crippen LogP contribution in [0.3, 0.4) is 0 Å². The average molecular weight is 1210 g/mol. The second kappa shape index (κ2) is 27.1. The number of carboxylic acid groups (broad SMARTS) is 2. The second-order valence-electron chi connectivity index (χ2n) is 19.1. The normalized spacial score (nSPS) is 13.1. The first kappa shape index (κ1) is 62.0. The van der Waals surface area contributed by atoms with E-state index in [1.807, 2.05) is 0 Å². The molecule has 85 heavy (non-hydrogen) atoms. The molecule has 4 N–H and O–H groups in total. The monoisotopic (exact) mass is 1210 g/mol. The van der Waals surface area contributed by atoms with E-state index < -0.39 is 58.0 Å². The molecule has 2 aliphatic carbocycles. The van der Waals surface area contributed by atoms with Gasteiger partial charge in [-0.05, 0) is 135 Å². The molecule has 2 heterocycles. The van der Waals surface area contributed by atoms with Crippen molar-refractivity contribution in [3.63, 3.8) is 0 Å². The molecule has 4 amide bonds. The number of aromatic nitrogens is 2. The number of carbonyl (C=O) groups excluding carboxylic acids is 6. The summed E-state index contributed by atoms with van der Waals surface area (Å²) in [7, 11) is 2.90. The molecule has 20 nitrogen and oxygen atoms in total. The molecule has 0 saturated heterocycles. The zero-order valence-corrected chi connectivity index (χ0v) is 48.1. The first-order chi connectivity index (χ1) is 40.4. The quantitative estimate of drug-likeness (QED) is 0.0364. The summed E-state index contributed by atoms with van der Waals surface area (Å²) in [5.41, 5.74) is 0.0962. The van der Waals surface area contributed by atoms with E-state index in [1.54, 1.807) is 60.7 Å². The van der Waals surface area contributed by atoms with Crippen LogP contribution in [0.4, 0.5) is 31.5 Å². The minimum Gasteiger partial charge on any atom is -0.550 e. The number of methoxy groups -OCH3 is 2. The van der Waals surface area contributed by atoms with Crippen LogP contribution in [0.1, 0.15) is 38.5 Å². The summed E-state index contributed by atoms with van der Waals surface area (Å²) < 4.78 is 60.3. The van der Waals surface area contributed by atoms with Crippen molar-refractivity contribution in [3.8, 4) is 46.0 Å². The van der Waals surface area contributed by atoms with Gasteiger partial charge in [0.2, 0.25) is 23.6 Å². The van der Waals surface area contributed by atoms with Gasteiger partial charge < -0.3 is 69.5 Å². The molecular formula is C60H48Cl2F2MgN6O14. The molecule has 0 unspecified atom stereocenters. The summed E-state index contributed by atoms with van der Waals surface area (Å²) in [6, 6.07) is 29.8. The van der Waals surface area contributed by atoms with Crippen molar-refractivity contribution in [1.82, 2.24) is 9.97 Å². The number of halogens is 4. The number of fused-ring (bicyclic) bond motifs is 2. The van der Waals surface area contributed by atoms with Gasteiger partial charge in [0, 0.05) is 82.8 Å². The summed E-state index contributed by atoms with van der Waals surface area (Å²) in [5, 5.41) is 33.8. The molecule has 0 atom stereocenters. The summed E-state index contributed by atoms with van der Waals surface area (Å²) in [6.45, 7) is -0.197. The van der Waals surface area contributed by atoms with Gasteiger partial charge in [0.1, 0.15) is 45.5 Å². The van der Waals surface area contributed by atoms with E-state index in [-0.39, 0.29) is 59.2 Å². The number of carboxylic acids is 2. The first-order valence-electron chi connectivity index (χ1n) is 25.7. The third kappa shape index (κ3) is 15.0. The molecule has 6 aromatic carbocycles. The Morgan fingerprint density at radius 2 is 0.812 bits per heavy atom. The Balaban J connectivity index is 0.000000219. The summed E-state index contributed by atoms with van der Waals surface area (Å²) >= 11 is 13.0. The Morgan fingerprint density at radius 1 is 0.471 bits per heavy atom. The van der Waals surface area contributed by atoms with Gasteiger partial charge in [0.25, 0.3) is 0 Å². The third-order valence-electron chi connectivity index (χ3n) is 13.4. The van der Waals surface area contributed by atoms with Crippen molar-refractivity contribution in [2.45, 2.75) is 38.5 Å². The Bertz CT molecular complexity index is 3610. The number of hydrogen-bond acceptors (Lipinski definition) is 16. The van der Waals surface area contributed by atoms with E-state index in [0.717, 1.165) is 0 Å². The fraction of sp³-hybridized carbons (Fsp3) is 0.200. The molecule has 2 aromatic heterocycles. The average Bonchev–Trinajstić information content (AvgIpc) is 2.28. The number of carbonyl (C=O) groups is 6. The second-order valence-corrected chi connectivity index (χ2v) is 19.9. The van der Waals surface area contributed by atoms with Gasteiger partial charge in [-0.15, -0.1) is 0 Å². The number of rotatable bonds is 22. The molecule has 2 aliphatic rings. The Morgan fingerprint density at radius 3 is 1.13 bits per heavy atom. The first-order valence-corrected chi connectivity index (χ1v) is 26.4. The van der Waals surface area contributed by atoms with Crippen molar-refractivity contribution in [1.29, 1.82) is 0 Å². The van der Waals surface area contributed by atoms with Crippen LogP contribution in [0.15, 0.2) is 134 Å². The standard InChI is InChI=1S/2C30H25ClFN3O7.Mg/c2*1-40-25-15-20-22(16-26(25)41-13-9-27(36)37)33-12-8-23(20)42-24-7-6-19(14-21(24)31)35-29(39)30(10-11-30)28(38)34-18-4-2-17(32)3-5-18;/h2*2-8,12,14-16H,9-11,13H2,1H3,(H,34,38)(H,35,39)(H,36,37);/q;;+2/p-2. The summed E-state index contributed by atoms with van der Waals surface area (Å²) in [4.78, 5) is 81.8. The van der Waals surface area contributed by atoms with Crippen LogP contribution in [-0.2, 0) is 28.8 Å². The maximum Gasteiger partial charge on any atom is 2.00 e. The van der Waals surface area contributed by atoms with Crippen LogP contribution in [-0.4, -0.2) is 96.0 Å². The van der Waals surface area contributed by atoms with Gasteiger partial charge in [-0.25, -0.2) is 8.78 Å². The van der Waals surface area contributed by atoms with Gasteiger partial charge in [-0.2, -0.15) is 0 Å². The van der Waals surface area contributed by atoms with E-state index in [9.17, 15) is 47.8 Å². The van der Waals surface area contributed by atoms with E-state index in [1.165, 1.54) is 87.3 Å². The molecule has 0 bridgehead atoms. The van der Waals surface area contributed by atoms with E-state index in [0.29, 0.717) is 116 Å². The van der Waals surface area contributed by atoms with Crippen molar-refractivity contribution in [2.75, 3.05) is 48.7 Å². The molecule has 432 valence electrons. The van der Waals surface area contributed by atoms with Crippen LogP contribution >= 0.6 is 23.2 Å². The van der Waals surface area contributed by atoms with E-state index in [4.69, 9.17) is 51.6 Å². The Labute approximate surface area is 509 Å². The third-order valence-corrected chi connectivity index (χ3v) is 14.0. The molecule has 2 fully saturated rings. The van der Waals surface area contributed by atoms with Crippen molar-refractivity contribution in [2.24, 2.45) is 10.8 Å². The molecule has 0 aliphatic heterocycles. The molecule has 2 saturated carbocycles. The number of nitrogens with zero attached hydrogens (tertiary/aromatic N) is 2. The van der Waals surface area contributed by atoms with Gasteiger partial charge in [-0.3, -0.25) is 29.1 Å². The van der Waals surface area contributed by atoms with Gasteiger partial charge in [0.15, 0.2) is 23.0 Å². The van der Waals surface area contributed by atoms with Crippen LogP contribution < -0.4 is 59.9 Å². The maximum atomic E-state index is 13.2. The Kier molecular flexibility index (Phi) is 19.8. The number of aliphatic carboxylic acids is 2. The van der Waals surface area contributed by atoms with Gasteiger partial charge in [-0.1, -0.05) is 23.2 Å². The maximum absolute atomic E-state index is 13.2. The molecule has 8 aromatic rings. The van der Waals surface area contributed by atoms with Crippen molar-refractivity contribution < 1.29 is 76.2 Å². The van der Waals surface area contributed by atoms with Crippen LogP contribution in [0.2, 0.25) is 10.0 Å². The number of pyridine rings is 2. The zero-order valence-electron chi connectivity index (χ0n) is 45.2.